The molecule has 0 spiro atoms. The summed E-state index contributed by atoms with van der Waals surface area (Å²) in [5.41, 5.74) is 9.06. The number of thiazole rings is 1. The van der Waals surface area contributed by atoms with E-state index in [0.717, 1.165) is 21.3 Å². The van der Waals surface area contributed by atoms with Crippen LogP contribution in [0.2, 0.25) is 0 Å². The molecule has 0 aliphatic heterocycles. The Hall–Kier alpha value is -1.55. The summed E-state index contributed by atoms with van der Waals surface area (Å²) in [4.78, 5) is 6.50. The van der Waals surface area contributed by atoms with Crippen molar-refractivity contribution in [3.63, 3.8) is 0 Å². The van der Waals surface area contributed by atoms with Crippen molar-refractivity contribution in [3.8, 4) is 11.3 Å². The van der Waals surface area contributed by atoms with Gasteiger partial charge in [0.25, 0.3) is 0 Å². The van der Waals surface area contributed by atoms with Gasteiger partial charge in [0.1, 0.15) is 10.7 Å². The van der Waals surface area contributed by atoms with Crippen molar-refractivity contribution in [2.24, 2.45) is 0 Å². The van der Waals surface area contributed by atoms with Crippen LogP contribution in [0.15, 0.2) is 24.3 Å². The maximum Gasteiger partial charge on any atom is 0.114 e. The molecule has 0 atom stereocenters. The third kappa shape index (κ3) is 2.02. The van der Waals surface area contributed by atoms with E-state index in [-0.39, 0.29) is 0 Å². The van der Waals surface area contributed by atoms with Gasteiger partial charge in [-0.25, -0.2) is 4.98 Å². The van der Waals surface area contributed by atoms with Crippen molar-refractivity contribution in [1.29, 1.82) is 0 Å². The minimum Gasteiger partial charge on any atom is -0.389 e. The van der Waals surface area contributed by atoms with Crippen LogP contribution in [0.1, 0.15) is 5.01 Å². The second-order valence-corrected chi connectivity index (χ2v) is 5.12. The van der Waals surface area contributed by atoms with Crippen LogP contribution in [0.5, 0.6) is 0 Å². The maximum atomic E-state index is 5.92. The first-order valence-corrected chi connectivity index (χ1v) is 5.90. The lowest BCUT2D eigenvalue weighted by Gasteiger charge is -2.12. The molecule has 84 valence electrons. The van der Waals surface area contributed by atoms with Crippen molar-refractivity contribution < 1.29 is 0 Å². The summed E-state index contributed by atoms with van der Waals surface area (Å²) in [7, 11) is 4.05. The van der Waals surface area contributed by atoms with Gasteiger partial charge in [0.05, 0.1) is 5.01 Å². The van der Waals surface area contributed by atoms with E-state index in [1.807, 2.05) is 21.0 Å². The summed E-state index contributed by atoms with van der Waals surface area (Å²) in [6.07, 6.45) is 0. The van der Waals surface area contributed by atoms with Crippen molar-refractivity contribution >= 4 is 22.0 Å². The Morgan fingerprint density at radius 2 is 1.81 bits per heavy atom. The fourth-order valence-electron chi connectivity index (χ4n) is 1.57. The Labute approximate surface area is 99.5 Å². The van der Waals surface area contributed by atoms with Crippen LogP contribution in [0, 0.1) is 6.92 Å². The first-order valence-electron chi connectivity index (χ1n) is 5.08. The van der Waals surface area contributed by atoms with Gasteiger partial charge >= 0.3 is 0 Å². The Kier molecular flexibility index (Phi) is 2.83. The van der Waals surface area contributed by atoms with Crippen LogP contribution in [-0.4, -0.2) is 19.1 Å². The molecule has 0 radical (unpaired) electrons. The molecule has 2 N–H and O–H groups in total. The van der Waals surface area contributed by atoms with E-state index in [1.54, 1.807) is 0 Å². The number of rotatable bonds is 2. The van der Waals surface area contributed by atoms with E-state index in [0.29, 0.717) is 0 Å². The molecule has 0 bridgehead atoms. The third-order valence-electron chi connectivity index (χ3n) is 2.42. The Morgan fingerprint density at radius 1 is 1.19 bits per heavy atom. The highest BCUT2D eigenvalue weighted by atomic mass is 32.1. The van der Waals surface area contributed by atoms with Gasteiger partial charge in [-0.3, -0.25) is 0 Å². The van der Waals surface area contributed by atoms with E-state index in [2.05, 4.69) is 34.1 Å². The van der Waals surface area contributed by atoms with Crippen LogP contribution in [-0.2, 0) is 0 Å². The normalized spacial score (nSPS) is 10.4. The Bertz CT molecular complexity index is 485. The first kappa shape index (κ1) is 11.0. The quantitative estimate of drug-likeness (QED) is 0.867. The lowest BCUT2D eigenvalue weighted by atomic mass is 10.1. The van der Waals surface area contributed by atoms with Crippen molar-refractivity contribution in [2.45, 2.75) is 6.92 Å². The number of nitrogen functional groups attached to an aromatic ring is 1. The molecule has 1 aromatic heterocycles. The van der Waals surface area contributed by atoms with Crippen LogP contribution >= 0.6 is 11.3 Å². The molecule has 2 rings (SSSR count). The summed E-state index contributed by atoms with van der Waals surface area (Å²) in [6.45, 7) is 1.97. The Balaban J connectivity index is 2.38. The van der Waals surface area contributed by atoms with Crippen LogP contribution in [0.4, 0.5) is 10.7 Å². The third-order valence-corrected chi connectivity index (χ3v) is 3.22. The molecular weight excluding hydrogens is 218 g/mol. The van der Waals surface area contributed by atoms with Gasteiger partial charge in [0.2, 0.25) is 0 Å². The summed E-state index contributed by atoms with van der Waals surface area (Å²) in [5, 5.41) is 1.79. The van der Waals surface area contributed by atoms with Gasteiger partial charge in [-0.05, 0) is 19.1 Å². The minimum absolute atomic E-state index is 0.787. The predicted octanol–water partition coefficient (Wildman–Crippen LogP) is 2.77. The van der Waals surface area contributed by atoms with Crippen LogP contribution in [0.3, 0.4) is 0 Å². The second kappa shape index (κ2) is 4.14. The standard InChI is InChI=1S/C12H15N3S/c1-8-14-11(12(13)16-8)9-4-6-10(7-5-9)15(2)3/h4-7H,13H2,1-3H3. The fourth-order valence-corrected chi connectivity index (χ4v) is 2.28. The van der Waals surface area contributed by atoms with Crippen molar-refractivity contribution in [3.05, 3.63) is 29.3 Å². The van der Waals surface area contributed by atoms with E-state index < -0.39 is 0 Å². The number of nitrogens with zero attached hydrogens (tertiary/aromatic N) is 2. The second-order valence-electron chi connectivity index (χ2n) is 3.89. The average Bonchev–Trinajstić information content (AvgIpc) is 2.58. The first-order chi connectivity index (χ1) is 7.58. The van der Waals surface area contributed by atoms with Gasteiger partial charge in [-0.15, -0.1) is 11.3 Å². The average molecular weight is 233 g/mol. The maximum absolute atomic E-state index is 5.92. The van der Waals surface area contributed by atoms with E-state index >= 15 is 0 Å². The molecule has 0 saturated carbocycles. The molecule has 1 aromatic carbocycles. The number of benzene rings is 1. The van der Waals surface area contributed by atoms with Gasteiger partial charge in [0, 0.05) is 25.3 Å². The van der Waals surface area contributed by atoms with Gasteiger partial charge < -0.3 is 10.6 Å². The SMILES string of the molecule is Cc1nc(-c2ccc(N(C)C)cc2)c(N)s1. The lowest BCUT2D eigenvalue weighted by Crippen LogP contribution is -2.07. The van der Waals surface area contributed by atoms with Crippen LogP contribution < -0.4 is 10.6 Å². The highest BCUT2D eigenvalue weighted by molar-refractivity contribution is 7.16. The molecule has 0 aliphatic rings. The molecule has 1 heterocycles. The number of anilines is 2. The topological polar surface area (TPSA) is 42.2 Å². The smallest absolute Gasteiger partial charge is 0.114 e. The van der Waals surface area contributed by atoms with Crippen molar-refractivity contribution in [1.82, 2.24) is 4.98 Å². The number of aromatic nitrogens is 1. The molecule has 0 unspecified atom stereocenters. The number of nitrogens with two attached hydrogens (primary N) is 1. The summed E-state index contributed by atoms with van der Waals surface area (Å²) < 4.78 is 0. The predicted molar refractivity (Wildman–Crippen MR) is 71.0 cm³/mol. The van der Waals surface area contributed by atoms with Crippen LogP contribution in [0.25, 0.3) is 11.3 Å². The number of hydrogen-bond donors (Lipinski definition) is 1. The zero-order valence-electron chi connectivity index (χ0n) is 9.69. The number of hydrogen-bond acceptors (Lipinski definition) is 4. The summed E-state index contributed by atoms with van der Waals surface area (Å²) in [5.74, 6) is 0. The summed E-state index contributed by atoms with van der Waals surface area (Å²) in [6, 6.07) is 8.26. The molecule has 0 saturated heterocycles. The molecule has 16 heavy (non-hydrogen) atoms. The zero-order chi connectivity index (χ0) is 11.7. The summed E-state index contributed by atoms with van der Waals surface area (Å²) >= 11 is 1.53. The Morgan fingerprint density at radius 3 is 2.25 bits per heavy atom. The molecule has 0 amide bonds. The monoisotopic (exact) mass is 233 g/mol. The lowest BCUT2D eigenvalue weighted by molar-refractivity contribution is 1.13. The molecule has 0 fully saturated rings. The highest BCUT2D eigenvalue weighted by Gasteiger charge is 2.08. The number of aryl methyl sites for hydroxylation is 1. The van der Waals surface area contributed by atoms with Gasteiger partial charge in [0.15, 0.2) is 0 Å². The van der Waals surface area contributed by atoms with Gasteiger partial charge in [-0.2, -0.15) is 0 Å². The van der Waals surface area contributed by atoms with E-state index in [4.69, 9.17) is 5.73 Å². The molecule has 4 heteroatoms. The molecular formula is C12H15N3S. The molecule has 3 nitrogen and oxygen atoms in total. The fraction of sp³-hybridized carbons (Fsp3) is 0.250. The van der Waals surface area contributed by atoms with E-state index in [9.17, 15) is 0 Å². The molecule has 2 aromatic rings. The highest BCUT2D eigenvalue weighted by Crippen LogP contribution is 2.30. The van der Waals surface area contributed by atoms with Crippen molar-refractivity contribution in [2.75, 3.05) is 24.7 Å². The minimum atomic E-state index is 0.787. The van der Waals surface area contributed by atoms with Gasteiger partial charge in [-0.1, -0.05) is 12.1 Å². The van der Waals surface area contributed by atoms with E-state index in [1.165, 1.54) is 17.0 Å². The largest absolute Gasteiger partial charge is 0.389 e. The molecule has 0 aliphatic carbocycles. The zero-order valence-corrected chi connectivity index (χ0v) is 10.5.